The lowest BCUT2D eigenvalue weighted by atomic mass is 10.1. The van der Waals surface area contributed by atoms with Gasteiger partial charge in [0.05, 0.1) is 10.0 Å². The molecule has 0 atom stereocenters. The number of aryl methyl sites for hydroxylation is 1. The van der Waals surface area contributed by atoms with E-state index in [2.05, 4.69) is 27.9 Å². The summed E-state index contributed by atoms with van der Waals surface area (Å²) in [6, 6.07) is 13.1. The Morgan fingerprint density at radius 1 is 1.05 bits per heavy atom. The predicted molar refractivity (Wildman–Crippen MR) is 92.6 cm³/mol. The Hall–Kier alpha value is -0.780. The molecule has 1 amide bonds. The second-order valence-electron chi connectivity index (χ2n) is 4.30. The normalized spacial score (nSPS) is 10.3. The van der Waals surface area contributed by atoms with E-state index in [9.17, 15) is 4.79 Å². The molecule has 2 nitrogen and oxygen atoms in total. The van der Waals surface area contributed by atoms with Gasteiger partial charge in [-0.1, -0.05) is 29.3 Å². The zero-order valence-electron chi connectivity index (χ0n) is 10.5. The molecule has 0 aliphatic carbocycles. The molecule has 2 aromatic carbocycles. The number of nitrogens with one attached hydrogen (secondary N) is 1. The van der Waals surface area contributed by atoms with E-state index in [-0.39, 0.29) is 5.91 Å². The van der Waals surface area contributed by atoms with Gasteiger partial charge in [-0.2, -0.15) is 0 Å². The van der Waals surface area contributed by atoms with Crippen LogP contribution in [-0.2, 0) is 11.2 Å². The minimum Gasteiger partial charge on any atom is -0.326 e. The Kier molecular flexibility index (Phi) is 5.69. The number of hydrogen-bond donors (Lipinski definition) is 1. The van der Waals surface area contributed by atoms with Crippen molar-refractivity contribution >= 4 is 57.4 Å². The van der Waals surface area contributed by atoms with Crippen LogP contribution in [0.5, 0.6) is 0 Å². The Bertz CT molecular complexity index is 614. The van der Waals surface area contributed by atoms with Crippen molar-refractivity contribution in [3.63, 3.8) is 0 Å². The van der Waals surface area contributed by atoms with Crippen molar-refractivity contribution in [1.29, 1.82) is 0 Å². The molecule has 0 heterocycles. The molecule has 0 aromatic heterocycles. The summed E-state index contributed by atoms with van der Waals surface area (Å²) < 4.78 is 1.14. The van der Waals surface area contributed by atoms with Gasteiger partial charge < -0.3 is 5.32 Å². The van der Waals surface area contributed by atoms with Crippen LogP contribution in [0.2, 0.25) is 10.0 Å². The minimum absolute atomic E-state index is 0.0164. The van der Waals surface area contributed by atoms with Crippen LogP contribution in [0, 0.1) is 3.57 Å². The summed E-state index contributed by atoms with van der Waals surface area (Å²) in [6.07, 6.45) is 1.04. The zero-order chi connectivity index (χ0) is 14.5. The molecule has 0 fully saturated rings. The van der Waals surface area contributed by atoms with Crippen molar-refractivity contribution in [1.82, 2.24) is 0 Å². The number of carbonyl (C=O) groups is 1. The molecular weight excluding hydrogens is 408 g/mol. The first-order valence-corrected chi connectivity index (χ1v) is 7.87. The van der Waals surface area contributed by atoms with Crippen LogP contribution in [0.15, 0.2) is 42.5 Å². The minimum atomic E-state index is -0.0164. The van der Waals surface area contributed by atoms with Gasteiger partial charge in [-0.25, -0.2) is 0 Å². The van der Waals surface area contributed by atoms with Crippen LogP contribution in [0.25, 0.3) is 0 Å². The van der Waals surface area contributed by atoms with E-state index in [1.807, 2.05) is 30.3 Å². The van der Waals surface area contributed by atoms with Crippen molar-refractivity contribution in [2.45, 2.75) is 12.8 Å². The lowest BCUT2D eigenvalue weighted by Gasteiger charge is -2.06. The Balaban J connectivity index is 1.88. The second-order valence-corrected chi connectivity index (χ2v) is 6.36. The molecule has 0 spiro atoms. The van der Waals surface area contributed by atoms with E-state index in [4.69, 9.17) is 23.2 Å². The van der Waals surface area contributed by atoms with Gasteiger partial charge in [0.15, 0.2) is 0 Å². The third-order valence-corrected chi connectivity index (χ3v) is 4.21. The van der Waals surface area contributed by atoms with E-state index >= 15 is 0 Å². The van der Waals surface area contributed by atoms with E-state index in [1.54, 1.807) is 12.1 Å². The lowest BCUT2D eigenvalue weighted by Crippen LogP contribution is -2.12. The molecule has 0 bridgehead atoms. The van der Waals surface area contributed by atoms with Crippen molar-refractivity contribution in [2.75, 3.05) is 5.32 Å². The van der Waals surface area contributed by atoms with Gasteiger partial charge in [-0.05, 0) is 71.0 Å². The Morgan fingerprint density at radius 3 is 2.40 bits per heavy atom. The van der Waals surface area contributed by atoms with Crippen molar-refractivity contribution < 1.29 is 4.79 Å². The first kappa shape index (κ1) is 15.6. The number of benzene rings is 2. The zero-order valence-corrected chi connectivity index (χ0v) is 14.2. The fourth-order valence-electron chi connectivity index (χ4n) is 1.71. The Labute approximate surface area is 141 Å². The van der Waals surface area contributed by atoms with Gasteiger partial charge >= 0.3 is 0 Å². The van der Waals surface area contributed by atoms with E-state index < -0.39 is 0 Å². The summed E-state index contributed by atoms with van der Waals surface area (Å²) in [5.41, 5.74) is 1.81. The van der Waals surface area contributed by atoms with Crippen molar-refractivity contribution in [3.8, 4) is 0 Å². The quantitative estimate of drug-likeness (QED) is 0.680. The van der Waals surface area contributed by atoms with Crippen molar-refractivity contribution in [2.24, 2.45) is 0 Å². The molecule has 2 rings (SSSR count). The summed E-state index contributed by atoms with van der Waals surface area (Å²) in [5.74, 6) is -0.0164. The predicted octanol–water partition coefficient (Wildman–Crippen LogP) is 5.17. The van der Waals surface area contributed by atoms with Crippen molar-refractivity contribution in [3.05, 3.63) is 61.6 Å². The number of halogens is 3. The third kappa shape index (κ3) is 4.65. The van der Waals surface area contributed by atoms with Gasteiger partial charge in [-0.15, -0.1) is 0 Å². The smallest absolute Gasteiger partial charge is 0.224 e. The van der Waals surface area contributed by atoms with E-state index in [0.717, 1.165) is 14.8 Å². The number of anilines is 1. The average Bonchev–Trinajstić information content (AvgIpc) is 2.43. The number of amides is 1. The lowest BCUT2D eigenvalue weighted by molar-refractivity contribution is -0.116. The topological polar surface area (TPSA) is 29.1 Å². The summed E-state index contributed by atoms with van der Waals surface area (Å²) in [7, 11) is 0. The molecule has 20 heavy (non-hydrogen) atoms. The highest BCUT2D eigenvalue weighted by Gasteiger charge is 2.05. The molecule has 0 radical (unpaired) electrons. The molecule has 0 aliphatic rings. The van der Waals surface area contributed by atoms with Crippen LogP contribution in [-0.4, -0.2) is 5.91 Å². The average molecular weight is 420 g/mol. The van der Waals surface area contributed by atoms with E-state index in [1.165, 1.54) is 0 Å². The van der Waals surface area contributed by atoms with Crippen LogP contribution in [0.1, 0.15) is 12.0 Å². The van der Waals surface area contributed by atoms with Crippen LogP contribution < -0.4 is 5.32 Å². The molecule has 0 unspecified atom stereocenters. The van der Waals surface area contributed by atoms with Gasteiger partial charge in [0.2, 0.25) is 5.91 Å². The monoisotopic (exact) mass is 419 g/mol. The summed E-state index contributed by atoms with van der Waals surface area (Å²) in [4.78, 5) is 11.9. The molecule has 104 valence electrons. The molecule has 0 saturated carbocycles. The molecule has 0 aliphatic heterocycles. The maximum Gasteiger partial charge on any atom is 0.224 e. The third-order valence-electron chi connectivity index (χ3n) is 2.75. The Morgan fingerprint density at radius 2 is 1.75 bits per heavy atom. The SMILES string of the molecule is O=C(CCc1ccc(Cl)c(Cl)c1)Nc1ccc(I)cc1. The van der Waals surface area contributed by atoms with Gasteiger partial charge in [0.1, 0.15) is 0 Å². The maximum absolute atomic E-state index is 11.9. The fraction of sp³-hybridized carbons (Fsp3) is 0.133. The van der Waals surface area contributed by atoms with Gasteiger partial charge in [0.25, 0.3) is 0 Å². The standard InChI is InChI=1S/C15H12Cl2INO/c16-13-7-1-10(9-14(13)17)2-8-15(20)19-12-5-3-11(18)4-6-12/h1,3-7,9H,2,8H2,(H,19,20). The summed E-state index contributed by atoms with van der Waals surface area (Å²) in [6.45, 7) is 0. The van der Waals surface area contributed by atoms with Gasteiger partial charge in [-0.3, -0.25) is 4.79 Å². The molecule has 2 aromatic rings. The first-order valence-electron chi connectivity index (χ1n) is 6.04. The van der Waals surface area contributed by atoms with Crippen LogP contribution in [0.3, 0.4) is 0 Å². The highest BCUT2D eigenvalue weighted by Crippen LogP contribution is 2.23. The fourth-order valence-corrected chi connectivity index (χ4v) is 2.39. The number of rotatable bonds is 4. The second kappa shape index (κ2) is 7.29. The highest BCUT2D eigenvalue weighted by molar-refractivity contribution is 14.1. The largest absolute Gasteiger partial charge is 0.326 e. The first-order chi connectivity index (χ1) is 9.54. The molecular formula is C15H12Cl2INO. The molecule has 5 heteroatoms. The van der Waals surface area contributed by atoms with Crippen LogP contribution in [0.4, 0.5) is 5.69 Å². The van der Waals surface area contributed by atoms with Crippen LogP contribution >= 0.6 is 45.8 Å². The summed E-state index contributed by atoms with van der Waals surface area (Å²) >= 11 is 14.0. The highest BCUT2D eigenvalue weighted by atomic mass is 127. The maximum atomic E-state index is 11.9. The van der Waals surface area contributed by atoms with E-state index in [0.29, 0.717) is 22.9 Å². The molecule has 0 saturated heterocycles. The number of hydrogen-bond acceptors (Lipinski definition) is 1. The summed E-state index contributed by atoms with van der Waals surface area (Å²) in [5, 5.41) is 3.91. The molecule has 1 N–H and O–H groups in total. The number of carbonyl (C=O) groups excluding carboxylic acids is 1. The van der Waals surface area contributed by atoms with Gasteiger partial charge in [0, 0.05) is 15.7 Å².